The molecule has 0 aromatic carbocycles. The quantitative estimate of drug-likeness (QED) is 0.389. The average molecular weight is 355 g/mol. The number of unbranched alkanes of at least 4 members (excludes halogenated alkanes) is 9. The Hall–Kier alpha value is -0.160. The highest BCUT2D eigenvalue weighted by Crippen LogP contribution is 2.28. The van der Waals surface area contributed by atoms with Crippen molar-refractivity contribution >= 4 is 0 Å². The van der Waals surface area contributed by atoms with E-state index in [9.17, 15) is 0 Å². The van der Waals surface area contributed by atoms with Crippen LogP contribution in [0.5, 0.6) is 0 Å². The van der Waals surface area contributed by atoms with Crippen LogP contribution >= 0.6 is 0 Å². The smallest absolute Gasteiger partial charge is 0.0727 e. The molecule has 0 saturated carbocycles. The second-order valence-corrected chi connectivity index (χ2v) is 8.11. The largest absolute Gasteiger partial charge is 0.330 e. The molecule has 1 heterocycles. The molecule has 4 nitrogen and oxygen atoms in total. The van der Waals surface area contributed by atoms with E-state index in [0.29, 0.717) is 6.04 Å². The zero-order chi connectivity index (χ0) is 18.4. The Labute approximate surface area is 157 Å². The predicted octanol–water partition coefficient (Wildman–Crippen LogP) is 3.99. The minimum atomic E-state index is 0.0892. The molecule has 25 heavy (non-hydrogen) atoms. The summed E-state index contributed by atoms with van der Waals surface area (Å²) in [6.07, 6.45) is 17.4. The molecule has 150 valence electrons. The zero-order valence-corrected chi connectivity index (χ0v) is 17.2. The van der Waals surface area contributed by atoms with Gasteiger partial charge in [0.15, 0.2) is 0 Å². The summed E-state index contributed by atoms with van der Waals surface area (Å²) in [5.41, 5.74) is 11.9. The van der Waals surface area contributed by atoms with Crippen LogP contribution in [0.1, 0.15) is 97.3 Å². The summed E-state index contributed by atoms with van der Waals surface area (Å²) in [5.74, 6) is 0. The molecule has 0 bridgehead atoms. The molecule has 1 aliphatic heterocycles. The van der Waals surface area contributed by atoms with E-state index in [2.05, 4.69) is 24.1 Å². The van der Waals surface area contributed by atoms with Crippen LogP contribution in [0.3, 0.4) is 0 Å². The Morgan fingerprint density at radius 1 is 0.880 bits per heavy atom. The van der Waals surface area contributed by atoms with Crippen LogP contribution in [-0.4, -0.2) is 42.8 Å². The van der Waals surface area contributed by atoms with Crippen molar-refractivity contribution in [3.8, 4) is 0 Å². The van der Waals surface area contributed by atoms with Gasteiger partial charge in [-0.25, -0.2) is 0 Å². The van der Waals surface area contributed by atoms with Crippen molar-refractivity contribution in [1.82, 2.24) is 10.2 Å². The first-order valence-electron chi connectivity index (χ1n) is 11.1. The third kappa shape index (κ3) is 8.85. The van der Waals surface area contributed by atoms with Gasteiger partial charge in [0.05, 0.1) is 5.66 Å². The molecule has 0 amide bonds. The van der Waals surface area contributed by atoms with E-state index in [-0.39, 0.29) is 5.66 Å². The van der Waals surface area contributed by atoms with Gasteiger partial charge in [0.25, 0.3) is 0 Å². The molecule has 2 atom stereocenters. The van der Waals surface area contributed by atoms with Crippen molar-refractivity contribution in [2.24, 2.45) is 11.5 Å². The maximum Gasteiger partial charge on any atom is 0.0727 e. The van der Waals surface area contributed by atoms with E-state index >= 15 is 0 Å². The van der Waals surface area contributed by atoms with Crippen LogP contribution < -0.4 is 16.8 Å². The first-order chi connectivity index (χ1) is 12.2. The Bertz CT molecular complexity index is 310. The maximum atomic E-state index is 5.97. The highest BCUT2D eigenvalue weighted by Gasteiger charge is 2.38. The van der Waals surface area contributed by atoms with Gasteiger partial charge in [-0.2, -0.15) is 0 Å². The summed E-state index contributed by atoms with van der Waals surface area (Å²) in [6.45, 7) is 8.22. The molecule has 1 aliphatic rings. The number of rotatable bonds is 15. The van der Waals surface area contributed by atoms with E-state index in [1.54, 1.807) is 0 Å². The molecular weight excluding hydrogens is 308 g/mol. The van der Waals surface area contributed by atoms with Crippen molar-refractivity contribution in [2.75, 3.05) is 26.2 Å². The Balaban J connectivity index is 2.27. The van der Waals surface area contributed by atoms with Gasteiger partial charge in [-0.05, 0) is 32.7 Å². The first-order valence-corrected chi connectivity index (χ1v) is 11.1. The van der Waals surface area contributed by atoms with Crippen LogP contribution in [0.4, 0.5) is 0 Å². The summed E-state index contributed by atoms with van der Waals surface area (Å²) in [6, 6.07) is 0.587. The highest BCUT2D eigenvalue weighted by atomic mass is 15.3. The SMILES string of the molecule is CCCCCCCCCCCCC1(CCN)NC(C)CCN1CCN. The zero-order valence-electron chi connectivity index (χ0n) is 17.2. The number of nitrogens with zero attached hydrogens (tertiary/aromatic N) is 1. The molecule has 0 radical (unpaired) electrons. The molecule has 1 fully saturated rings. The fourth-order valence-corrected chi connectivity index (χ4v) is 4.40. The molecule has 4 heteroatoms. The summed E-state index contributed by atoms with van der Waals surface area (Å²) in [5, 5.41) is 3.89. The van der Waals surface area contributed by atoms with Crippen LogP contribution in [0.15, 0.2) is 0 Å². The van der Waals surface area contributed by atoms with Gasteiger partial charge in [-0.1, -0.05) is 71.1 Å². The van der Waals surface area contributed by atoms with E-state index in [4.69, 9.17) is 11.5 Å². The highest BCUT2D eigenvalue weighted by molar-refractivity contribution is 4.94. The first kappa shape index (κ1) is 22.9. The van der Waals surface area contributed by atoms with Crippen molar-refractivity contribution in [3.05, 3.63) is 0 Å². The molecule has 1 rings (SSSR count). The van der Waals surface area contributed by atoms with Gasteiger partial charge >= 0.3 is 0 Å². The minimum absolute atomic E-state index is 0.0892. The van der Waals surface area contributed by atoms with Gasteiger partial charge < -0.3 is 11.5 Å². The summed E-state index contributed by atoms with van der Waals surface area (Å²) in [7, 11) is 0. The molecule has 0 aromatic heterocycles. The van der Waals surface area contributed by atoms with Gasteiger partial charge in [-0.3, -0.25) is 10.2 Å². The van der Waals surface area contributed by atoms with E-state index in [1.807, 2.05) is 0 Å². The van der Waals surface area contributed by atoms with E-state index in [0.717, 1.165) is 32.6 Å². The molecule has 0 aromatic rings. The van der Waals surface area contributed by atoms with Crippen LogP contribution in [0.2, 0.25) is 0 Å². The third-order valence-electron chi connectivity index (χ3n) is 5.85. The fourth-order valence-electron chi connectivity index (χ4n) is 4.40. The second-order valence-electron chi connectivity index (χ2n) is 8.11. The van der Waals surface area contributed by atoms with Gasteiger partial charge in [0, 0.05) is 25.7 Å². The van der Waals surface area contributed by atoms with Crippen LogP contribution in [0, 0.1) is 0 Å². The molecule has 1 saturated heterocycles. The number of hydrogen-bond donors (Lipinski definition) is 3. The van der Waals surface area contributed by atoms with Crippen molar-refractivity contribution in [3.63, 3.8) is 0 Å². The van der Waals surface area contributed by atoms with Crippen molar-refractivity contribution < 1.29 is 0 Å². The number of hydrogen-bond acceptors (Lipinski definition) is 4. The Morgan fingerprint density at radius 2 is 1.48 bits per heavy atom. The topological polar surface area (TPSA) is 67.3 Å². The summed E-state index contributed by atoms with van der Waals surface area (Å²) < 4.78 is 0. The lowest BCUT2D eigenvalue weighted by Crippen LogP contribution is -2.66. The van der Waals surface area contributed by atoms with Crippen LogP contribution in [0.25, 0.3) is 0 Å². The molecule has 5 N–H and O–H groups in total. The number of nitrogens with one attached hydrogen (secondary N) is 1. The standard InChI is InChI=1S/C21H46N4/c1-3-4-5-6-7-8-9-10-11-12-14-21(15-16-22)24-20(2)13-18-25(21)19-17-23/h20,24H,3-19,22-23H2,1-2H3. The van der Waals surface area contributed by atoms with Gasteiger partial charge in [-0.15, -0.1) is 0 Å². The maximum absolute atomic E-state index is 5.97. The average Bonchev–Trinajstić information content (AvgIpc) is 2.59. The molecule has 0 spiro atoms. The molecular formula is C21H46N4. The lowest BCUT2D eigenvalue weighted by Gasteiger charge is -2.50. The second kappa shape index (κ2) is 14.0. The third-order valence-corrected chi connectivity index (χ3v) is 5.85. The minimum Gasteiger partial charge on any atom is -0.330 e. The van der Waals surface area contributed by atoms with Gasteiger partial charge in [0.2, 0.25) is 0 Å². The lowest BCUT2D eigenvalue weighted by atomic mass is 9.90. The van der Waals surface area contributed by atoms with E-state index < -0.39 is 0 Å². The van der Waals surface area contributed by atoms with Crippen LogP contribution in [-0.2, 0) is 0 Å². The Kier molecular flexibility index (Phi) is 12.8. The fraction of sp³-hybridized carbons (Fsp3) is 1.00. The predicted molar refractivity (Wildman–Crippen MR) is 111 cm³/mol. The molecule has 2 unspecified atom stereocenters. The van der Waals surface area contributed by atoms with Crippen molar-refractivity contribution in [1.29, 1.82) is 0 Å². The normalized spacial score (nSPS) is 24.7. The van der Waals surface area contributed by atoms with E-state index in [1.165, 1.54) is 77.0 Å². The lowest BCUT2D eigenvalue weighted by molar-refractivity contribution is -0.00319. The summed E-state index contributed by atoms with van der Waals surface area (Å²) in [4.78, 5) is 2.58. The molecule has 0 aliphatic carbocycles. The van der Waals surface area contributed by atoms with Gasteiger partial charge in [0.1, 0.15) is 0 Å². The monoisotopic (exact) mass is 354 g/mol. The summed E-state index contributed by atoms with van der Waals surface area (Å²) >= 11 is 0. The van der Waals surface area contributed by atoms with Crippen molar-refractivity contribution in [2.45, 2.75) is 109 Å². The Morgan fingerprint density at radius 3 is 2.04 bits per heavy atom. The number of nitrogens with two attached hydrogens (primary N) is 2.